The summed E-state index contributed by atoms with van der Waals surface area (Å²) in [6.07, 6.45) is 6.37. The maximum Gasteiger partial charge on any atom is 0.0353 e. The van der Waals surface area contributed by atoms with Crippen LogP contribution >= 0.6 is 0 Å². The number of piperidine rings is 1. The molecule has 2 N–H and O–H groups in total. The second kappa shape index (κ2) is 7.75. The van der Waals surface area contributed by atoms with E-state index in [2.05, 4.69) is 66.2 Å². The van der Waals surface area contributed by atoms with Gasteiger partial charge in [0.1, 0.15) is 0 Å². The summed E-state index contributed by atoms with van der Waals surface area (Å²) in [6.45, 7) is 5.27. The molecule has 1 saturated carbocycles. The molecule has 2 aliphatic rings. The number of benzene rings is 1. The lowest BCUT2D eigenvalue weighted by atomic mass is 9.74. The predicted molar refractivity (Wildman–Crippen MR) is 106 cm³/mol. The van der Waals surface area contributed by atoms with E-state index in [-0.39, 0.29) is 5.54 Å². The fourth-order valence-corrected chi connectivity index (χ4v) is 4.65. The van der Waals surface area contributed by atoms with Gasteiger partial charge in [0, 0.05) is 43.8 Å². The summed E-state index contributed by atoms with van der Waals surface area (Å²) >= 11 is 0. The average molecular weight is 345 g/mol. The Morgan fingerprint density at radius 3 is 2.08 bits per heavy atom. The van der Waals surface area contributed by atoms with Gasteiger partial charge in [-0.2, -0.15) is 0 Å². The first-order valence-electron chi connectivity index (χ1n) is 9.85. The molecule has 0 atom stereocenters. The van der Waals surface area contributed by atoms with E-state index in [0.717, 1.165) is 32.7 Å². The van der Waals surface area contributed by atoms with E-state index in [0.29, 0.717) is 5.54 Å². The molecule has 1 aromatic carbocycles. The Morgan fingerprint density at radius 2 is 1.60 bits per heavy atom. The van der Waals surface area contributed by atoms with E-state index < -0.39 is 0 Å². The lowest BCUT2D eigenvalue weighted by Crippen LogP contribution is -2.64. The minimum atomic E-state index is 0.172. The van der Waals surface area contributed by atoms with E-state index in [9.17, 15) is 0 Å². The van der Waals surface area contributed by atoms with E-state index in [1.165, 1.54) is 37.7 Å². The summed E-state index contributed by atoms with van der Waals surface area (Å²) in [7, 11) is 6.79. The van der Waals surface area contributed by atoms with Crippen LogP contribution in [0.25, 0.3) is 0 Å². The summed E-state index contributed by atoms with van der Waals surface area (Å²) in [5.74, 6) is 0. The van der Waals surface area contributed by atoms with Crippen molar-refractivity contribution >= 4 is 0 Å². The van der Waals surface area contributed by atoms with Gasteiger partial charge in [0.2, 0.25) is 0 Å². The van der Waals surface area contributed by atoms with Crippen molar-refractivity contribution < 1.29 is 0 Å². The molecule has 1 heterocycles. The molecule has 4 nitrogen and oxygen atoms in total. The van der Waals surface area contributed by atoms with Gasteiger partial charge in [0.05, 0.1) is 0 Å². The molecular formula is C21H36N4. The number of rotatable bonds is 7. The van der Waals surface area contributed by atoms with Crippen LogP contribution in [0.3, 0.4) is 0 Å². The standard InChI is InChI=1S/C21H36N4/c1-23(2)21(10-7-11-21)18-24(3)20(17-22)12-14-25(15-13-20)16-19-8-5-4-6-9-19/h4-6,8-9H,7,10-18,22H2,1-3H3. The van der Waals surface area contributed by atoms with E-state index >= 15 is 0 Å². The van der Waals surface area contributed by atoms with Crippen LogP contribution in [0.5, 0.6) is 0 Å². The van der Waals surface area contributed by atoms with Crippen LogP contribution in [0.15, 0.2) is 30.3 Å². The number of likely N-dealkylation sites (tertiary alicyclic amines) is 1. The van der Waals surface area contributed by atoms with Crippen molar-refractivity contribution in [1.29, 1.82) is 0 Å². The molecule has 0 radical (unpaired) electrons. The summed E-state index contributed by atoms with van der Waals surface area (Å²) in [5, 5.41) is 0. The van der Waals surface area contributed by atoms with E-state index in [1.807, 2.05) is 0 Å². The quantitative estimate of drug-likeness (QED) is 0.824. The summed E-state index contributed by atoms with van der Waals surface area (Å²) in [5.41, 5.74) is 8.28. The lowest BCUT2D eigenvalue weighted by Gasteiger charge is -2.54. The first kappa shape index (κ1) is 18.8. The highest BCUT2D eigenvalue weighted by atomic mass is 15.3. The Balaban J connectivity index is 1.59. The van der Waals surface area contributed by atoms with Gasteiger partial charge in [-0.05, 0) is 58.8 Å². The Labute approximate surface area is 154 Å². The van der Waals surface area contributed by atoms with Crippen LogP contribution < -0.4 is 5.73 Å². The molecule has 25 heavy (non-hydrogen) atoms. The van der Waals surface area contributed by atoms with Crippen LogP contribution in [0.1, 0.15) is 37.7 Å². The Hall–Kier alpha value is -0.940. The molecule has 1 aliphatic carbocycles. The minimum Gasteiger partial charge on any atom is -0.329 e. The molecule has 2 fully saturated rings. The van der Waals surface area contributed by atoms with Crippen molar-refractivity contribution in [3.8, 4) is 0 Å². The van der Waals surface area contributed by atoms with Gasteiger partial charge in [0.15, 0.2) is 0 Å². The Kier molecular flexibility index (Phi) is 5.84. The largest absolute Gasteiger partial charge is 0.329 e. The van der Waals surface area contributed by atoms with Crippen molar-refractivity contribution in [2.75, 3.05) is 47.3 Å². The summed E-state index contributed by atoms with van der Waals surface area (Å²) < 4.78 is 0. The fraction of sp³-hybridized carbons (Fsp3) is 0.714. The molecule has 3 rings (SSSR count). The third kappa shape index (κ3) is 3.92. The SMILES string of the molecule is CN(C)C1(CN(C)C2(CN)CCN(Cc3ccccc3)CC2)CCC1. The molecular weight excluding hydrogens is 308 g/mol. The predicted octanol–water partition coefficient (Wildman–Crippen LogP) is 2.40. The Morgan fingerprint density at radius 1 is 0.960 bits per heavy atom. The Bertz CT molecular complexity index is 530. The monoisotopic (exact) mass is 344 g/mol. The van der Waals surface area contributed by atoms with Gasteiger partial charge in [0.25, 0.3) is 0 Å². The van der Waals surface area contributed by atoms with Gasteiger partial charge in [-0.3, -0.25) is 9.80 Å². The number of hydrogen-bond donors (Lipinski definition) is 1. The van der Waals surface area contributed by atoms with Gasteiger partial charge in [-0.1, -0.05) is 30.3 Å². The molecule has 4 heteroatoms. The summed E-state index contributed by atoms with van der Waals surface area (Å²) in [4.78, 5) is 7.63. The summed E-state index contributed by atoms with van der Waals surface area (Å²) in [6, 6.07) is 10.8. The third-order valence-corrected chi connectivity index (χ3v) is 6.99. The molecule has 1 aliphatic heterocycles. The van der Waals surface area contributed by atoms with Crippen LogP contribution in [0.2, 0.25) is 0 Å². The highest BCUT2D eigenvalue weighted by Crippen LogP contribution is 2.39. The van der Waals surface area contributed by atoms with Crippen molar-refractivity contribution in [2.45, 2.75) is 49.7 Å². The van der Waals surface area contributed by atoms with E-state index in [4.69, 9.17) is 5.73 Å². The molecule has 0 unspecified atom stereocenters. The fourth-order valence-electron chi connectivity index (χ4n) is 4.65. The zero-order valence-electron chi connectivity index (χ0n) is 16.4. The molecule has 0 spiro atoms. The van der Waals surface area contributed by atoms with Crippen LogP contribution in [-0.4, -0.2) is 73.1 Å². The normalized spacial score (nSPS) is 23.0. The van der Waals surface area contributed by atoms with E-state index in [1.54, 1.807) is 0 Å². The zero-order chi connectivity index (χ0) is 17.9. The molecule has 140 valence electrons. The second-order valence-electron chi connectivity index (χ2n) is 8.52. The maximum atomic E-state index is 6.32. The first-order chi connectivity index (χ1) is 12.0. The number of likely N-dealkylation sites (N-methyl/N-ethyl adjacent to an activating group) is 2. The van der Waals surface area contributed by atoms with Crippen molar-refractivity contribution in [2.24, 2.45) is 5.73 Å². The highest BCUT2D eigenvalue weighted by Gasteiger charge is 2.45. The van der Waals surface area contributed by atoms with Crippen molar-refractivity contribution in [3.05, 3.63) is 35.9 Å². The molecule has 1 aromatic rings. The number of nitrogens with two attached hydrogens (primary N) is 1. The number of nitrogens with zero attached hydrogens (tertiary/aromatic N) is 3. The minimum absolute atomic E-state index is 0.172. The van der Waals surface area contributed by atoms with Crippen molar-refractivity contribution in [3.63, 3.8) is 0 Å². The molecule has 1 saturated heterocycles. The molecule has 0 bridgehead atoms. The van der Waals surface area contributed by atoms with Crippen LogP contribution in [-0.2, 0) is 6.54 Å². The van der Waals surface area contributed by atoms with Gasteiger partial charge in [-0.25, -0.2) is 0 Å². The van der Waals surface area contributed by atoms with Gasteiger partial charge >= 0.3 is 0 Å². The maximum absolute atomic E-state index is 6.32. The molecule has 0 amide bonds. The second-order valence-corrected chi connectivity index (χ2v) is 8.52. The van der Waals surface area contributed by atoms with Crippen LogP contribution in [0.4, 0.5) is 0 Å². The molecule has 0 aromatic heterocycles. The van der Waals surface area contributed by atoms with Gasteiger partial charge in [-0.15, -0.1) is 0 Å². The zero-order valence-corrected chi connectivity index (χ0v) is 16.4. The lowest BCUT2D eigenvalue weighted by molar-refractivity contribution is -0.0288. The average Bonchev–Trinajstić information content (AvgIpc) is 2.59. The van der Waals surface area contributed by atoms with Crippen molar-refractivity contribution in [1.82, 2.24) is 14.7 Å². The van der Waals surface area contributed by atoms with Crippen LogP contribution in [0, 0.1) is 0 Å². The number of hydrogen-bond acceptors (Lipinski definition) is 4. The third-order valence-electron chi connectivity index (χ3n) is 6.99. The van der Waals surface area contributed by atoms with Gasteiger partial charge < -0.3 is 10.6 Å². The smallest absolute Gasteiger partial charge is 0.0353 e. The topological polar surface area (TPSA) is 35.7 Å². The first-order valence-corrected chi connectivity index (χ1v) is 9.85. The highest BCUT2D eigenvalue weighted by molar-refractivity contribution is 5.14.